The number of esters is 2. The van der Waals surface area contributed by atoms with Crippen molar-refractivity contribution >= 4 is 17.6 Å². The minimum Gasteiger partial charge on any atom is -0.477 e. The molecule has 0 bridgehead atoms. The third-order valence-electron chi connectivity index (χ3n) is 6.81. The number of benzene rings is 1. The van der Waals surface area contributed by atoms with Crippen LogP contribution < -0.4 is 10.1 Å². The zero-order valence-electron chi connectivity index (χ0n) is 23.9. The van der Waals surface area contributed by atoms with E-state index in [4.69, 9.17) is 14.2 Å². The molecule has 0 spiro atoms. The molecular weight excluding hydrogens is 516 g/mol. The lowest BCUT2D eigenvalue weighted by atomic mass is 9.80. The molecule has 2 aromatic rings. The van der Waals surface area contributed by atoms with Crippen LogP contribution in [0.25, 0.3) is 0 Å². The Kier molecular flexibility index (Phi) is 10.5. The van der Waals surface area contributed by atoms with Crippen molar-refractivity contribution in [3.8, 4) is 5.88 Å². The standard InChI is InChI=1S/C29H38N4O7/c1-17(2)23-16-24(32-31-23)39-14-9-7-8-11-18(3)40-29(35)26-20(5)30-19(4)25(28(34)38-6)27(26)21-12-10-13-22(15-21)33(36)37/h10,12-13,15-18,27,30H,7-9,11,14H2,1-6H3,(H,31,32). The number of aromatic nitrogens is 2. The molecule has 11 nitrogen and oxygen atoms in total. The molecule has 40 heavy (non-hydrogen) atoms. The number of allylic oxidation sites excluding steroid dienone is 2. The number of nitro benzene ring substituents is 1. The molecule has 1 aliphatic heterocycles. The minimum absolute atomic E-state index is 0.145. The summed E-state index contributed by atoms with van der Waals surface area (Å²) in [6, 6.07) is 7.81. The minimum atomic E-state index is -0.885. The number of H-pyrrole nitrogens is 1. The first-order chi connectivity index (χ1) is 19.0. The Morgan fingerprint density at radius 3 is 2.38 bits per heavy atom. The van der Waals surface area contributed by atoms with E-state index in [2.05, 4.69) is 29.4 Å². The summed E-state index contributed by atoms with van der Waals surface area (Å²) in [5.41, 5.74) is 2.73. The number of aromatic amines is 1. The van der Waals surface area contributed by atoms with Gasteiger partial charge in [-0.3, -0.25) is 15.2 Å². The van der Waals surface area contributed by atoms with Crippen molar-refractivity contribution in [2.75, 3.05) is 13.7 Å². The van der Waals surface area contributed by atoms with Crippen LogP contribution in [0.15, 0.2) is 52.9 Å². The van der Waals surface area contributed by atoms with Gasteiger partial charge >= 0.3 is 11.9 Å². The van der Waals surface area contributed by atoms with Gasteiger partial charge in [-0.2, -0.15) is 0 Å². The highest BCUT2D eigenvalue weighted by Crippen LogP contribution is 2.40. The van der Waals surface area contributed by atoms with Crippen LogP contribution in [-0.4, -0.2) is 46.9 Å². The van der Waals surface area contributed by atoms with Crippen LogP contribution in [0.3, 0.4) is 0 Å². The summed E-state index contributed by atoms with van der Waals surface area (Å²) in [6.07, 6.45) is 2.81. The van der Waals surface area contributed by atoms with Gasteiger partial charge in [-0.25, -0.2) is 9.59 Å². The van der Waals surface area contributed by atoms with Crippen molar-refractivity contribution in [2.24, 2.45) is 0 Å². The smallest absolute Gasteiger partial charge is 0.337 e. The molecule has 0 aliphatic carbocycles. The number of carbonyl (C=O) groups is 2. The zero-order valence-corrected chi connectivity index (χ0v) is 23.9. The Labute approximate surface area is 234 Å². The molecule has 1 aromatic heterocycles. The van der Waals surface area contributed by atoms with Crippen molar-refractivity contribution in [3.63, 3.8) is 0 Å². The number of dihydropyridines is 1. The van der Waals surface area contributed by atoms with Gasteiger partial charge < -0.3 is 19.5 Å². The number of hydrogen-bond donors (Lipinski definition) is 2. The summed E-state index contributed by atoms with van der Waals surface area (Å²) in [7, 11) is 1.25. The van der Waals surface area contributed by atoms with E-state index in [1.54, 1.807) is 19.9 Å². The quantitative estimate of drug-likeness (QED) is 0.143. The van der Waals surface area contributed by atoms with Crippen LogP contribution in [0.5, 0.6) is 5.88 Å². The van der Waals surface area contributed by atoms with Gasteiger partial charge in [0.25, 0.3) is 5.69 Å². The molecule has 0 radical (unpaired) electrons. The molecule has 1 aromatic carbocycles. The molecule has 0 saturated carbocycles. The third kappa shape index (κ3) is 7.49. The van der Waals surface area contributed by atoms with Crippen LogP contribution in [0, 0.1) is 10.1 Å². The monoisotopic (exact) mass is 554 g/mol. The summed E-state index contributed by atoms with van der Waals surface area (Å²) in [4.78, 5) is 37.2. The van der Waals surface area contributed by atoms with Gasteiger partial charge in [0.1, 0.15) is 0 Å². The van der Waals surface area contributed by atoms with E-state index in [1.807, 2.05) is 13.0 Å². The second kappa shape index (κ2) is 13.8. The number of non-ortho nitro benzene ring substituents is 1. The molecule has 3 rings (SSSR count). The van der Waals surface area contributed by atoms with E-state index in [-0.39, 0.29) is 22.9 Å². The first kappa shape index (κ1) is 30.4. The maximum atomic E-state index is 13.5. The molecule has 11 heteroatoms. The number of carbonyl (C=O) groups excluding carboxylic acids is 2. The number of unbranched alkanes of at least 4 members (excludes halogenated alkanes) is 2. The van der Waals surface area contributed by atoms with Crippen molar-refractivity contribution in [1.29, 1.82) is 0 Å². The largest absolute Gasteiger partial charge is 0.477 e. The second-order valence-electron chi connectivity index (χ2n) is 10.2. The highest BCUT2D eigenvalue weighted by atomic mass is 16.6. The first-order valence-electron chi connectivity index (χ1n) is 13.4. The van der Waals surface area contributed by atoms with Gasteiger partial charge in [0, 0.05) is 35.3 Å². The molecule has 2 N–H and O–H groups in total. The number of nitro groups is 1. The summed E-state index contributed by atoms with van der Waals surface area (Å²) < 4.78 is 16.5. The fraction of sp³-hybridized carbons (Fsp3) is 0.483. The van der Waals surface area contributed by atoms with Crippen LogP contribution in [0.4, 0.5) is 5.69 Å². The zero-order chi connectivity index (χ0) is 29.4. The van der Waals surface area contributed by atoms with Gasteiger partial charge in [-0.15, -0.1) is 5.10 Å². The molecule has 0 fully saturated rings. The Morgan fingerprint density at radius 2 is 1.75 bits per heavy atom. The molecule has 0 saturated heterocycles. The van der Waals surface area contributed by atoms with Gasteiger partial charge in [-0.05, 0) is 57.9 Å². The Morgan fingerprint density at radius 1 is 1.05 bits per heavy atom. The van der Waals surface area contributed by atoms with Crippen LogP contribution in [-0.2, 0) is 19.1 Å². The van der Waals surface area contributed by atoms with Crippen LogP contribution >= 0.6 is 0 Å². The fourth-order valence-corrected chi connectivity index (χ4v) is 4.68. The fourth-order valence-electron chi connectivity index (χ4n) is 4.68. The predicted octanol–water partition coefficient (Wildman–Crippen LogP) is 5.42. The van der Waals surface area contributed by atoms with Crippen molar-refractivity contribution in [1.82, 2.24) is 15.5 Å². The summed E-state index contributed by atoms with van der Waals surface area (Å²) >= 11 is 0. The van der Waals surface area contributed by atoms with Gasteiger partial charge in [-0.1, -0.05) is 26.0 Å². The van der Waals surface area contributed by atoms with Gasteiger partial charge in [0.15, 0.2) is 0 Å². The third-order valence-corrected chi connectivity index (χ3v) is 6.81. The number of hydrogen-bond acceptors (Lipinski definition) is 9. The van der Waals surface area contributed by atoms with Crippen molar-refractivity contribution in [2.45, 2.75) is 78.2 Å². The molecule has 2 atom stereocenters. The van der Waals surface area contributed by atoms with E-state index >= 15 is 0 Å². The molecule has 2 unspecified atom stereocenters. The number of ether oxygens (including phenoxy) is 3. The van der Waals surface area contributed by atoms with Crippen molar-refractivity contribution < 1.29 is 28.7 Å². The Hall–Kier alpha value is -4.15. The summed E-state index contributed by atoms with van der Waals surface area (Å²) in [5.74, 6) is -1.17. The number of methoxy groups -OCH3 is 1. The maximum absolute atomic E-state index is 13.5. The average Bonchev–Trinajstić information content (AvgIpc) is 3.39. The molecular formula is C29H38N4O7. The Bertz CT molecular complexity index is 1290. The molecule has 0 amide bonds. The van der Waals surface area contributed by atoms with E-state index < -0.39 is 22.8 Å². The lowest BCUT2D eigenvalue weighted by Crippen LogP contribution is -2.33. The van der Waals surface area contributed by atoms with E-state index in [0.717, 1.165) is 25.0 Å². The highest BCUT2D eigenvalue weighted by molar-refractivity contribution is 6.00. The summed E-state index contributed by atoms with van der Waals surface area (Å²) in [6.45, 7) is 9.94. The SMILES string of the molecule is COC(=O)C1=C(C)NC(C)=C(C(=O)OC(C)CCCCCOc2cc(C(C)C)[nH]n2)C1c1cccc([N+](=O)[O-])c1. The highest BCUT2D eigenvalue weighted by Gasteiger charge is 2.38. The van der Waals surface area contributed by atoms with Crippen LogP contribution in [0.2, 0.25) is 0 Å². The molecule has 1 aliphatic rings. The number of nitrogens with one attached hydrogen (secondary N) is 2. The molecule has 2 heterocycles. The summed E-state index contributed by atoms with van der Waals surface area (Å²) in [5, 5.41) is 21.6. The van der Waals surface area contributed by atoms with Gasteiger partial charge in [0.2, 0.25) is 5.88 Å². The average molecular weight is 555 g/mol. The second-order valence-corrected chi connectivity index (χ2v) is 10.2. The van der Waals surface area contributed by atoms with E-state index in [1.165, 1.54) is 25.3 Å². The van der Waals surface area contributed by atoms with E-state index in [9.17, 15) is 19.7 Å². The lowest BCUT2D eigenvalue weighted by Gasteiger charge is -2.30. The van der Waals surface area contributed by atoms with Crippen molar-refractivity contribution in [3.05, 3.63) is 74.2 Å². The lowest BCUT2D eigenvalue weighted by molar-refractivity contribution is -0.384. The van der Waals surface area contributed by atoms with Crippen LogP contribution in [0.1, 0.15) is 83.4 Å². The topological polar surface area (TPSA) is 146 Å². The van der Waals surface area contributed by atoms with E-state index in [0.29, 0.717) is 41.8 Å². The number of nitrogens with zero attached hydrogens (tertiary/aromatic N) is 2. The van der Waals surface area contributed by atoms with Gasteiger partial charge in [0.05, 0.1) is 41.8 Å². The predicted molar refractivity (Wildman–Crippen MR) is 149 cm³/mol. The first-order valence-corrected chi connectivity index (χ1v) is 13.4. The Balaban J connectivity index is 1.64. The maximum Gasteiger partial charge on any atom is 0.337 e. The number of rotatable bonds is 13. The normalized spacial score (nSPS) is 16.0. The molecule has 216 valence electrons.